The molecule has 0 aromatic carbocycles. The molecule has 0 atom stereocenters. The van der Waals surface area contributed by atoms with Crippen molar-refractivity contribution in [1.29, 1.82) is 0 Å². The highest BCUT2D eigenvalue weighted by atomic mass is 35.5. The molecule has 1 aliphatic rings. The van der Waals surface area contributed by atoms with Crippen LogP contribution < -0.4 is 0 Å². The summed E-state index contributed by atoms with van der Waals surface area (Å²) in [4.78, 5) is 3.94. The van der Waals surface area contributed by atoms with Crippen LogP contribution in [0.4, 0.5) is 0 Å². The molecule has 1 aliphatic heterocycles. The van der Waals surface area contributed by atoms with Gasteiger partial charge in [-0.2, -0.15) is 0 Å². The van der Waals surface area contributed by atoms with Gasteiger partial charge in [0, 0.05) is 18.0 Å². The van der Waals surface area contributed by atoms with E-state index in [2.05, 4.69) is 23.4 Å². The van der Waals surface area contributed by atoms with E-state index in [4.69, 9.17) is 0 Å². The SMILES string of the molecule is CN1CCc2ccsc2C1.Cl. The normalized spacial score (nSPS) is 17.2. The minimum absolute atomic E-state index is 0. The third-order valence-corrected chi connectivity index (χ3v) is 2.96. The van der Waals surface area contributed by atoms with Crippen molar-refractivity contribution in [3.63, 3.8) is 0 Å². The molecule has 1 aromatic heterocycles. The molecule has 1 nitrogen and oxygen atoms in total. The molecule has 0 fully saturated rings. The molecule has 11 heavy (non-hydrogen) atoms. The van der Waals surface area contributed by atoms with Crippen LogP contribution in [0.3, 0.4) is 0 Å². The van der Waals surface area contributed by atoms with E-state index in [-0.39, 0.29) is 12.4 Å². The molecule has 0 saturated carbocycles. The van der Waals surface area contributed by atoms with Crippen molar-refractivity contribution in [2.75, 3.05) is 13.6 Å². The molecule has 1 aromatic rings. The van der Waals surface area contributed by atoms with Crippen molar-refractivity contribution in [3.8, 4) is 0 Å². The lowest BCUT2D eigenvalue weighted by molar-refractivity contribution is 0.317. The van der Waals surface area contributed by atoms with Gasteiger partial charge in [-0.1, -0.05) is 0 Å². The lowest BCUT2D eigenvalue weighted by Gasteiger charge is -2.21. The molecule has 3 heteroatoms. The maximum atomic E-state index is 2.37. The Labute approximate surface area is 77.4 Å². The summed E-state index contributed by atoms with van der Waals surface area (Å²) in [6.07, 6.45) is 1.25. The smallest absolute Gasteiger partial charge is 0.0327 e. The first-order chi connectivity index (χ1) is 4.86. The second-order valence-electron chi connectivity index (χ2n) is 2.86. The number of likely N-dealkylation sites (N-methyl/N-ethyl adjacent to an activating group) is 1. The van der Waals surface area contributed by atoms with E-state index < -0.39 is 0 Å². The lowest BCUT2D eigenvalue weighted by Crippen LogP contribution is -2.24. The first kappa shape index (κ1) is 9.04. The van der Waals surface area contributed by atoms with Gasteiger partial charge in [0.15, 0.2) is 0 Å². The molecule has 2 rings (SSSR count). The molecule has 0 saturated heterocycles. The average Bonchev–Trinajstić information content (AvgIpc) is 2.33. The predicted octanol–water partition coefficient (Wildman–Crippen LogP) is 2.16. The summed E-state index contributed by atoms with van der Waals surface area (Å²) >= 11 is 1.89. The van der Waals surface area contributed by atoms with Gasteiger partial charge in [-0.05, 0) is 30.5 Å². The minimum Gasteiger partial charge on any atom is -0.301 e. The number of hydrogen-bond acceptors (Lipinski definition) is 2. The minimum atomic E-state index is 0. The van der Waals surface area contributed by atoms with Crippen LogP contribution in [0.2, 0.25) is 0 Å². The van der Waals surface area contributed by atoms with Crippen LogP contribution in [-0.4, -0.2) is 18.5 Å². The van der Waals surface area contributed by atoms with Crippen LogP contribution in [0.15, 0.2) is 11.4 Å². The van der Waals surface area contributed by atoms with Crippen LogP contribution in [0, 0.1) is 0 Å². The Morgan fingerprint density at radius 2 is 2.36 bits per heavy atom. The molecule has 0 bridgehead atoms. The van der Waals surface area contributed by atoms with Gasteiger partial charge in [0.05, 0.1) is 0 Å². The Balaban J connectivity index is 0.000000605. The zero-order valence-electron chi connectivity index (χ0n) is 6.54. The third kappa shape index (κ3) is 1.75. The van der Waals surface area contributed by atoms with Gasteiger partial charge in [0.25, 0.3) is 0 Å². The van der Waals surface area contributed by atoms with Gasteiger partial charge in [0.1, 0.15) is 0 Å². The van der Waals surface area contributed by atoms with E-state index in [1.54, 1.807) is 10.4 Å². The van der Waals surface area contributed by atoms with E-state index in [1.807, 2.05) is 11.3 Å². The molecule has 62 valence electrons. The van der Waals surface area contributed by atoms with E-state index in [0.717, 1.165) is 6.54 Å². The summed E-state index contributed by atoms with van der Waals surface area (Å²) in [5.41, 5.74) is 1.57. The number of halogens is 1. The number of nitrogens with zero attached hydrogens (tertiary/aromatic N) is 1. The van der Waals surface area contributed by atoms with Gasteiger partial charge in [-0.15, -0.1) is 23.7 Å². The molecule has 0 radical (unpaired) electrons. The number of thiophene rings is 1. The van der Waals surface area contributed by atoms with Gasteiger partial charge < -0.3 is 4.90 Å². The second-order valence-corrected chi connectivity index (χ2v) is 3.86. The highest BCUT2D eigenvalue weighted by molar-refractivity contribution is 7.10. The molecule has 0 spiro atoms. The van der Waals surface area contributed by atoms with E-state index in [0.29, 0.717) is 0 Å². The van der Waals surface area contributed by atoms with Crippen molar-refractivity contribution in [2.45, 2.75) is 13.0 Å². The van der Waals surface area contributed by atoms with Gasteiger partial charge in [-0.25, -0.2) is 0 Å². The Kier molecular flexibility index (Phi) is 2.93. The summed E-state index contributed by atoms with van der Waals surface area (Å²) < 4.78 is 0. The highest BCUT2D eigenvalue weighted by Gasteiger charge is 2.12. The quantitative estimate of drug-likeness (QED) is 0.605. The van der Waals surface area contributed by atoms with Crippen LogP contribution >= 0.6 is 23.7 Å². The predicted molar refractivity (Wildman–Crippen MR) is 51.6 cm³/mol. The van der Waals surface area contributed by atoms with Crippen molar-refractivity contribution in [2.24, 2.45) is 0 Å². The van der Waals surface area contributed by atoms with Crippen LogP contribution in [0.25, 0.3) is 0 Å². The Bertz CT molecular complexity index is 234. The highest BCUT2D eigenvalue weighted by Crippen LogP contribution is 2.22. The zero-order valence-corrected chi connectivity index (χ0v) is 8.17. The Hall–Kier alpha value is -0.0500. The van der Waals surface area contributed by atoms with E-state index in [1.165, 1.54) is 13.0 Å². The monoisotopic (exact) mass is 189 g/mol. The molecule has 0 N–H and O–H groups in total. The van der Waals surface area contributed by atoms with Gasteiger partial charge in [0.2, 0.25) is 0 Å². The van der Waals surface area contributed by atoms with Crippen LogP contribution in [0.1, 0.15) is 10.4 Å². The fourth-order valence-corrected chi connectivity index (χ4v) is 2.38. The molecular formula is C8H12ClNS. The third-order valence-electron chi connectivity index (χ3n) is 2.01. The topological polar surface area (TPSA) is 3.24 Å². The van der Waals surface area contributed by atoms with E-state index >= 15 is 0 Å². The van der Waals surface area contributed by atoms with Crippen molar-refractivity contribution >= 4 is 23.7 Å². The molecule has 0 amide bonds. The van der Waals surface area contributed by atoms with Crippen LogP contribution in [-0.2, 0) is 13.0 Å². The van der Waals surface area contributed by atoms with E-state index in [9.17, 15) is 0 Å². The second kappa shape index (κ2) is 3.57. The maximum Gasteiger partial charge on any atom is 0.0327 e. The van der Waals surface area contributed by atoms with Crippen molar-refractivity contribution in [3.05, 3.63) is 21.9 Å². The Morgan fingerprint density at radius 1 is 1.55 bits per heavy atom. The largest absolute Gasteiger partial charge is 0.301 e. The summed E-state index contributed by atoms with van der Waals surface area (Å²) in [5.74, 6) is 0. The standard InChI is InChI=1S/C8H11NS.ClH/c1-9-4-2-7-3-5-10-8(7)6-9;/h3,5H,2,4,6H2,1H3;1H. The molecule has 0 unspecified atom stereocenters. The molecular weight excluding hydrogens is 178 g/mol. The molecule has 0 aliphatic carbocycles. The Morgan fingerprint density at radius 3 is 3.18 bits per heavy atom. The number of rotatable bonds is 0. The maximum absolute atomic E-state index is 2.37. The molecule has 2 heterocycles. The summed E-state index contributed by atoms with van der Waals surface area (Å²) in [7, 11) is 2.18. The first-order valence-electron chi connectivity index (χ1n) is 3.60. The fourth-order valence-electron chi connectivity index (χ4n) is 1.36. The number of fused-ring (bicyclic) bond motifs is 1. The van der Waals surface area contributed by atoms with Gasteiger partial charge >= 0.3 is 0 Å². The van der Waals surface area contributed by atoms with Crippen molar-refractivity contribution in [1.82, 2.24) is 4.90 Å². The summed E-state index contributed by atoms with van der Waals surface area (Å²) in [6, 6.07) is 2.26. The van der Waals surface area contributed by atoms with Crippen LogP contribution in [0.5, 0.6) is 0 Å². The van der Waals surface area contributed by atoms with Crippen molar-refractivity contribution < 1.29 is 0 Å². The number of hydrogen-bond donors (Lipinski definition) is 0. The van der Waals surface area contributed by atoms with Gasteiger partial charge in [-0.3, -0.25) is 0 Å². The zero-order chi connectivity index (χ0) is 6.97. The fraction of sp³-hybridized carbons (Fsp3) is 0.500. The average molecular weight is 190 g/mol. The summed E-state index contributed by atoms with van der Waals surface area (Å²) in [5, 5.41) is 2.20. The first-order valence-corrected chi connectivity index (χ1v) is 4.48. The lowest BCUT2D eigenvalue weighted by atomic mass is 10.1. The summed E-state index contributed by atoms with van der Waals surface area (Å²) in [6.45, 7) is 2.39.